The number of carbonyl (C=O) groups excluding carboxylic acids is 2. The lowest BCUT2D eigenvalue weighted by Crippen LogP contribution is -2.39. The van der Waals surface area contributed by atoms with Crippen LogP contribution in [0.2, 0.25) is 0 Å². The molecule has 0 unspecified atom stereocenters. The van der Waals surface area contributed by atoms with E-state index in [1.807, 2.05) is 0 Å². The zero-order chi connectivity index (χ0) is 17.4. The van der Waals surface area contributed by atoms with E-state index in [9.17, 15) is 14.4 Å². The highest BCUT2D eigenvalue weighted by Crippen LogP contribution is 2.39. The molecule has 0 fully saturated rings. The predicted octanol–water partition coefficient (Wildman–Crippen LogP) is 2.42. The number of carboxylic acids is 1. The standard InChI is InChI=1S/C16H22N2O4S/c1-8(14(20)21)17-12(19)11-9-6-5-7-10(9)23-13(11)18-15(22)16(2,3)4/h8H,5-7H2,1-4H3,(H,17,19)(H,18,22)(H,20,21)/t8-/m0/s1. The van der Waals surface area contributed by atoms with E-state index >= 15 is 0 Å². The third kappa shape index (κ3) is 3.72. The van der Waals surface area contributed by atoms with E-state index in [0.29, 0.717) is 10.6 Å². The van der Waals surface area contributed by atoms with Gasteiger partial charge in [0.25, 0.3) is 5.91 Å². The Balaban J connectivity index is 2.32. The second kappa shape index (κ2) is 6.31. The average molecular weight is 338 g/mol. The van der Waals surface area contributed by atoms with Gasteiger partial charge in [-0.2, -0.15) is 0 Å². The van der Waals surface area contributed by atoms with E-state index in [-0.39, 0.29) is 5.91 Å². The first-order valence-corrected chi connectivity index (χ1v) is 8.42. The van der Waals surface area contributed by atoms with E-state index in [1.54, 1.807) is 20.8 Å². The number of carboxylic acid groups (broad SMARTS) is 1. The molecule has 2 amide bonds. The smallest absolute Gasteiger partial charge is 0.325 e. The van der Waals surface area contributed by atoms with Crippen molar-refractivity contribution < 1.29 is 19.5 Å². The first kappa shape index (κ1) is 17.5. The summed E-state index contributed by atoms with van der Waals surface area (Å²) in [5.41, 5.74) is 0.791. The van der Waals surface area contributed by atoms with Gasteiger partial charge in [-0.05, 0) is 31.7 Å². The third-order valence-corrected chi connectivity index (χ3v) is 4.98. The van der Waals surface area contributed by atoms with E-state index in [0.717, 1.165) is 29.7 Å². The SMILES string of the molecule is C[C@H](NC(=O)c1c(NC(=O)C(C)(C)C)sc2c1CCC2)C(=O)O. The number of nitrogens with one attached hydrogen (secondary N) is 2. The van der Waals surface area contributed by atoms with Crippen LogP contribution in [0.25, 0.3) is 0 Å². The van der Waals surface area contributed by atoms with Gasteiger partial charge in [0.05, 0.1) is 5.56 Å². The van der Waals surface area contributed by atoms with Crippen molar-refractivity contribution in [2.75, 3.05) is 5.32 Å². The summed E-state index contributed by atoms with van der Waals surface area (Å²) in [6.07, 6.45) is 2.64. The van der Waals surface area contributed by atoms with Crippen LogP contribution in [0.5, 0.6) is 0 Å². The number of thiophene rings is 1. The van der Waals surface area contributed by atoms with Gasteiger partial charge in [0.15, 0.2) is 0 Å². The van der Waals surface area contributed by atoms with Gasteiger partial charge in [-0.1, -0.05) is 20.8 Å². The van der Waals surface area contributed by atoms with Crippen LogP contribution in [0.4, 0.5) is 5.00 Å². The van der Waals surface area contributed by atoms with Crippen LogP contribution in [-0.2, 0) is 22.4 Å². The average Bonchev–Trinajstić information content (AvgIpc) is 2.96. The molecule has 0 spiro atoms. The first-order chi connectivity index (χ1) is 10.6. The summed E-state index contributed by atoms with van der Waals surface area (Å²) in [5, 5.41) is 14.8. The van der Waals surface area contributed by atoms with Gasteiger partial charge in [0, 0.05) is 10.3 Å². The Hall–Kier alpha value is -1.89. The van der Waals surface area contributed by atoms with E-state index in [1.165, 1.54) is 18.3 Å². The summed E-state index contributed by atoms with van der Waals surface area (Å²) >= 11 is 1.42. The van der Waals surface area contributed by atoms with E-state index in [2.05, 4.69) is 10.6 Å². The Morgan fingerprint density at radius 2 is 1.87 bits per heavy atom. The van der Waals surface area contributed by atoms with Gasteiger partial charge in [0.2, 0.25) is 5.91 Å². The summed E-state index contributed by atoms with van der Waals surface area (Å²) in [7, 11) is 0. The van der Waals surface area contributed by atoms with Crippen molar-refractivity contribution in [3.8, 4) is 0 Å². The fourth-order valence-electron chi connectivity index (χ4n) is 2.35. The minimum absolute atomic E-state index is 0.169. The molecule has 1 heterocycles. The molecule has 6 nitrogen and oxygen atoms in total. The Labute approximate surface area is 139 Å². The van der Waals surface area contributed by atoms with Crippen LogP contribution in [0.15, 0.2) is 0 Å². The van der Waals surface area contributed by atoms with Crippen molar-refractivity contribution in [1.82, 2.24) is 5.32 Å². The molecular weight excluding hydrogens is 316 g/mol. The van der Waals surface area contributed by atoms with Crippen LogP contribution >= 0.6 is 11.3 Å². The zero-order valence-corrected chi connectivity index (χ0v) is 14.6. The predicted molar refractivity (Wildman–Crippen MR) is 89.0 cm³/mol. The highest BCUT2D eigenvalue weighted by Gasteiger charge is 2.30. The monoisotopic (exact) mass is 338 g/mol. The second-order valence-electron chi connectivity index (χ2n) is 6.80. The molecule has 0 aromatic carbocycles. The molecule has 0 aliphatic heterocycles. The van der Waals surface area contributed by atoms with Gasteiger partial charge in [-0.25, -0.2) is 0 Å². The Morgan fingerprint density at radius 1 is 1.22 bits per heavy atom. The lowest BCUT2D eigenvalue weighted by Gasteiger charge is -2.18. The minimum atomic E-state index is -1.09. The van der Waals surface area contributed by atoms with Crippen molar-refractivity contribution in [2.45, 2.75) is 53.0 Å². The molecule has 7 heteroatoms. The van der Waals surface area contributed by atoms with Crippen molar-refractivity contribution in [2.24, 2.45) is 5.41 Å². The number of hydrogen-bond acceptors (Lipinski definition) is 4. The maximum Gasteiger partial charge on any atom is 0.325 e. The highest BCUT2D eigenvalue weighted by atomic mass is 32.1. The van der Waals surface area contributed by atoms with Crippen LogP contribution in [0, 0.1) is 5.41 Å². The number of rotatable bonds is 4. The number of fused-ring (bicyclic) bond motifs is 1. The fraction of sp³-hybridized carbons (Fsp3) is 0.562. The number of anilines is 1. The number of aryl methyl sites for hydroxylation is 1. The van der Waals surface area contributed by atoms with Crippen molar-refractivity contribution in [3.05, 3.63) is 16.0 Å². The maximum atomic E-state index is 12.5. The van der Waals surface area contributed by atoms with E-state index < -0.39 is 23.3 Å². The normalized spacial score (nSPS) is 15.0. The Bertz CT molecular complexity index is 658. The molecule has 2 rings (SSSR count). The summed E-state index contributed by atoms with van der Waals surface area (Å²) in [5.74, 6) is -1.70. The van der Waals surface area contributed by atoms with Crippen LogP contribution in [-0.4, -0.2) is 28.9 Å². The molecular formula is C16H22N2O4S. The van der Waals surface area contributed by atoms with Crippen molar-refractivity contribution >= 4 is 34.1 Å². The molecule has 23 heavy (non-hydrogen) atoms. The van der Waals surface area contributed by atoms with E-state index in [4.69, 9.17) is 5.11 Å². The fourth-order valence-corrected chi connectivity index (χ4v) is 3.64. The molecule has 1 aliphatic carbocycles. The van der Waals surface area contributed by atoms with Crippen molar-refractivity contribution in [3.63, 3.8) is 0 Å². The Kier molecular flexibility index (Phi) is 4.79. The summed E-state index contributed by atoms with van der Waals surface area (Å²) in [4.78, 5) is 36.8. The van der Waals surface area contributed by atoms with Gasteiger partial charge in [0.1, 0.15) is 11.0 Å². The molecule has 1 aromatic heterocycles. The minimum Gasteiger partial charge on any atom is -0.480 e. The van der Waals surface area contributed by atoms with Gasteiger partial charge in [-0.15, -0.1) is 11.3 Å². The third-order valence-electron chi connectivity index (χ3n) is 3.77. The van der Waals surface area contributed by atoms with Crippen LogP contribution in [0.1, 0.15) is 54.9 Å². The van der Waals surface area contributed by atoms with Crippen LogP contribution in [0.3, 0.4) is 0 Å². The number of amides is 2. The first-order valence-electron chi connectivity index (χ1n) is 7.61. The van der Waals surface area contributed by atoms with Gasteiger partial charge < -0.3 is 15.7 Å². The molecule has 0 radical (unpaired) electrons. The van der Waals surface area contributed by atoms with Crippen LogP contribution < -0.4 is 10.6 Å². The zero-order valence-electron chi connectivity index (χ0n) is 13.8. The summed E-state index contributed by atoms with van der Waals surface area (Å²) in [6, 6.07) is -0.981. The summed E-state index contributed by atoms with van der Waals surface area (Å²) in [6.45, 7) is 6.82. The number of hydrogen-bond donors (Lipinski definition) is 3. The highest BCUT2D eigenvalue weighted by molar-refractivity contribution is 7.17. The quantitative estimate of drug-likeness (QED) is 0.785. The molecule has 0 saturated heterocycles. The molecule has 1 aromatic rings. The largest absolute Gasteiger partial charge is 0.480 e. The maximum absolute atomic E-state index is 12.5. The lowest BCUT2D eigenvalue weighted by molar-refractivity contribution is -0.138. The second-order valence-corrected chi connectivity index (χ2v) is 7.90. The van der Waals surface area contributed by atoms with Gasteiger partial charge >= 0.3 is 5.97 Å². The molecule has 0 saturated carbocycles. The number of aliphatic carboxylic acids is 1. The summed E-state index contributed by atoms with van der Waals surface area (Å²) < 4.78 is 0. The molecule has 126 valence electrons. The van der Waals surface area contributed by atoms with Gasteiger partial charge in [-0.3, -0.25) is 14.4 Å². The molecule has 1 atom stereocenters. The molecule has 1 aliphatic rings. The molecule has 0 bridgehead atoms. The Morgan fingerprint density at radius 3 is 2.43 bits per heavy atom. The van der Waals surface area contributed by atoms with Crippen molar-refractivity contribution in [1.29, 1.82) is 0 Å². The molecule has 3 N–H and O–H groups in total. The topological polar surface area (TPSA) is 95.5 Å². The lowest BCUT2D eigenvalue weighted by atomic mass is 9.95. The number of carbonyl (C=O) groups is 3.